The zero-order valence-electron chi connectivity index (χ0n) is 19.8. The summed E-state index contributed by atoms with van der Waals surface area (Å²) < 4.78 is 67.1. The lowest BCUT2D eigenvalue weighted by Gasteiger charge is -2.31. The van der Waals surface area contributed by atoms with Gasteiger partial charge in [0.15, 0.2) is 0 Å². The summed E-state index contributed by atoms with van der Waals surface area (Å²) in [5, 5.41) is 3.07. The van der Waals surface area contributed by atoms with Crippen LogP contribution in [0.25, 0.3) is 0 Å². The summed E-state index contributed by atoms with van der Waals surface area (Å²) in [6, 6.07) is 10.1. The quantitative estimate of drug-likeness (QED) is 0.534. The topological polar surface area (TPSA) is 66.5 Å². The first-order valence-electron chi connectivity index (χ1n) is 11.4. The van der Waals surface area contributed by atoms with Gasteiger partial charge >= 0.3 is 6.18 Å². The molecular formula is C25H31F3N2O3S. The second-order valence-corrected chi connectivity index (χ2v) is 11.2. The molecule has 2 aromatic rings. The monoisotopic (exact) mass is 496 g/mol. The van der Waals surface area contributed by atoms with E-state index >= 15 is 0 Å². The number of sulfonamides is 1. The highest BCUT2D eigenvalue weighted by Gasteiger charge is 2.40. The van der Waals surface area contributed by atoms with E-state index in [4.69, 9.17) is 0 Å². The van der Waals surface area contributed by atoms with Crippen molar-refractivity contribution >= 4 is 21.6 Å². The van der Waals surface area contributed by atoms with E-state index in [-0.39, 0.29) is 43.7 Å². The zero-order valence-corrected chi connectivity index (χ0v) is 20.6. The summed E-state index contributed by atoms with van der Waals surface area (Å²) in [6.45, 7) is 8.17. The first-order valence-corrected chi connectivity index (χ1v) is 12.9. The molecular weight excluding hydrogens is 465 g/mol. The highest BCUT2D eigenvalue weighted by atomic mass is 32.2. The number of rotatable bonds is 6. The second-order valence-electron chi connectivity index (χ2n) is 9.28. The van der Waals surface area contributed by atoms with Crippen LogP contribution in [-0.2, 0) is 21.0 Å². The molecule has 9 heteroatoms. The number of hydrogen-bond donors (Lipinski definition) is 1. The van der Waals surface area contributed by atoms with Gasteiger partial charge in [-0.25, -0.2) is 8.42 Å². The number of nitrogens with zero attached hydrogens (tertiary/aromatic N) is 1. The van der Waals surface area contributed by atoms with E-state index in [0.29, 0.717) is 0 Å². The van der Waals surface area contributed by atoms with Crippen LogP contribution in [-0.4, -0.2) is 31.7 Å². The van der Waals surface area contributed by atoms with Crippen molar-refractivity contribution in [1.82, 2.24) is 4.31 Å². The van der Waals surface area contributed by atoms with E-state index in [9.17, 15) is 26.4 Å². The Labute approximate surface area is 199 Å². The van der Waals surface area contributed by atoms with Gasteiger partial charge in [-0.1, -0.05) is 58.0 Å². The highest BCUT2D eigenvalue weighted by Crippen LogP contribution is 2.37. The molecule has 1 aliphatic rings. The summed E-state index contributed by atoms with van der Waals surface area (Å²) in [6.07, 6.45) is -4.31. The molecule has 5 nitrogen and oxygen atoms in total. The Kier molecular flexibility index (Phi) is 7.77. The van der Waals surface area contributed by atoms with Gasteiger partial charge in [0.05, 0.1) is 10.5 Å². The molecule has 0 bridgehead atoms. The second kappa shape index (κ2) is 10.1. The molecule has 186 valence electrons. The normalized spacial score (nSPS) is 16.3. The summed E-state index contributed by atoms with van der Waals surface area (Å²) in [4.78, 5) is 12.3. The summed E-state index contributed by atoms with van der Waals surface area (Å²) in [5.74, 6) is -0.211. The van der Waals surface area contributed by atoms with E-state index < -0.39 is 32.6 Å². The largest absolute Gasteiger partial charge is 0.417 e. The lowest BCUT2D eigenvalue weighted by atomic mass is 9.91. The Hall–Kier alpha value is -2.39. The minimum Gasteiger partial charge on any atom is -0.325 e. The molecule has 0 spiro atoms. The third-order valence-corrected chi connectivity index (χ3v) is 8.21. The molecule has 1 fully saturated rings. The maximum absolute atomic E-state index is 13.4. The molecule has 0 aliphatic carbocycles. The molecule has 0 saturated carbocycles. The van der Waals surface area contributed by atoms with Crippen molar-refractivity contribution in [2.24, 2.45) is 5.92 Å². The fraction of sp³-hybridized carbons (Fsp3) is 0.480. The molecule has 0 atom stereocenters. The third-order valence-electron chi connectivity index (χ3n) is 6.26. The lowest BCUT2D eigenvalue weighted by molar-refractivity contribution is -0.139. The smallest absolute Gasteiger partial charge is 0.325 e. The highest BCUT2D eigenvalue weighted by molar-refractivity contribution is 7.89. The first-order chi connectivity index (χ1) is 15.8. The van der Waals surface area contributed by atoms with Gasteiger partial charge in [0.1, 0.15) is 0 Å². The standard InChI is InChI=1S/C25H31F3N2O3S/c1-16(2)19-8-7-9-20(17(3)4)23(19)29-24(31)18-12-14-30(15-13-18)34(32,33)22-11-6-5-10-21(22)25(26,27)28/h5-11,16-18H,12-15H2,1-4H3,(H,29,31). The molecule has 2 aromatic carbocycles. The third kappa shape index (κ3) is 5.46. The molecule has 1 amide bonds. The van der Waals surface area contributed by atoms with Crippen LogP contribution in [0.15, 0.2) is 47.4 Å². The number of carbonyl (C=O) groups excluding carboxylic acids is 1. The Morgan fingerprint density at radius 1 is 0.941 bits per heavy atom. The average molecular weight is 497 g/mol. The van der Waals surface area contributed by atoms with Crippen LogP contribution in [0.1, 0.15) is 69.1 Å². The van der Waals surface area contributed by atoms with Crippen LogP contribution in [0.3, 0.4) is 0 Å². The SMILES string of the molecule is CC(C)c1cccc(C(C)C)c1NC(=O)C1CCN(S(=O)(=O)c2ccccc2C(F)(F)F)CC1. The van der Waals surface area contributed by atoms with Crippen LogP contribution in [0.4, 0.5) is 18.9 Å². The number of para-hydroxylation sites is 1. The van der Waals surface area contributed by atoms with Crippen molar-refractivity contribution in [3.8, 4) is 0 Å². The lowest BCUT2D eigenvalue weighted by Crippen LogP contribution is -2.42. The van der Waals surface area contributed by atoms with Crippen molar-refractivity contribution in [3.05, 3.63) is 59.2 Å². The molecule has 1 saturated heterocycles. The maximum Gasteiger partial charge on any atom is 0.417 e. The van der Waals surface area contributed by atoms with Crippen molar-refractivity contribution in [2.45, 2.75) is 63.4 Å². The Morgan fingerprint density at radius 2 is 1.47 bits per heavy atom. The van der Waals surface area contributed by atoms with Crippen LogP contribution in [0.5, 0.6) is 0 Å². The van der Waals surface area contributed by atoms with Gasteiger partial charge in [0, 0.05) is 24.7 Å². The van der Waals surface area contributed by atoms with E-state index in [0.717, 1.165) is 33.3 Å². The number of benzene rings is 2. The van der Waals surface area contributed by atoms with Crippen molar-refractivity contribution < 1.29 is 26.4 Å². The number of anilines is 1. The van der Waals surface area contributed by atoms with Gasteiger partial charge in [-0.05, 0) is 47.9 Å². The minimum absolute atomic E-state index is 0.0184. The van der Waals surface area contributed by atoms with Crippen LogP contribution in [0, 0.1) is 5.92 Å². The fourth-order valence-electron chi connectivity index (χ4n) is 4.34. The summed E-state index contributed by atoms with van der Waals surface area (Å²) in [5.41, 5.74) is 1.68. The molecule has 0 aromatic heterocycles. The number of alkyl halides is 3. The Balaban J connectivity index is 1.76. The Morgan fingerprint density at radius 3 is 1.97 bits per heavy atom. The van der Waals surface area contributed by atoms with Gasteiger partial charge in [-0.2, -0.15) is 17.5 Å². The van der Waals surface area contributed by atoms with Crippen molar-refractivity contribution in [1.29, 1.82) is 0 Å². The van der Waals surface area contributed by atoms with E-state index in [1.54, 1.807) is 0 Å². The molecule has 1 aliphatic heterocycles. The number of hydrogen-bond acceptors (Lipinski definition) is 3. The van der Waals surface area contributed by atoms with Gasteiger partial charge in [0.25, 0.3) is 0 Å². The van der Waals surface area contributed by atoms with Crippen molar-refractivity contribution in [2.75, 3.05) is 18.4 Å². The van der Waals surface area contributed by atoms with Crippen LogP contribution >= 0.6 is 0 Å². The zero-order chi connectivity index (χ0) is 25.3. The maximum atomic E-state index is 13.4. The fourth-order valence-corrected chi connectivity index (χ4v) is 6.03. The molecule has 1 heterocycles. The minimum atomic E-state index is -4.78. The van der Waals surface area contributed by atoms with Crippen molar-refractivity contribution in [3.63, 3.8) is 0 Å². The van der Waals surface area contributed by atoms with Crippen LogP contribution < -0.4 is 5.32 Å². The molecule has 34 heavy (non-hydrogen) atoms. The number of carbonyl (C=O) groups is 1. The van der Waals surface area contributed by atoms with E-state index in [1.807, 2.05) is 18.2 Å². The Bertz CT molecular complexity index is 1110. The number of piperidine rings is 1. The van der Waals surface area contributed by atoms with Crippen LogP contribution in [0.2, 0.25) is 0 Å². The average Bonchev–Trinajstić information content (AvgIpc) is 2.78. The molecule has 3 rings (SSSR count). The van der Waals surface area contributed by atoms with Gasteiger partial charge in [-0.15, -0.1) is 0 Å². The van der Waals surface area contributed by atoms with Gasteiger partial charge in [-0.3, -0.25) is 4.79 Å². The number of nitrogens with one attached hydrogen (secondary N) is 1. The molecule has 0 radical (unpaired) electrons. The van der Waals surface area contributed by atoms with Gasteiger partial charge < -0.3 is 5.32 Å². The predicted molar refractivity (Wildman–Crippen MR) is 126 cm³/mol. The summed E-state index contributed by atoms with van der Waals surface area (Å²) >= 11 is 0. The number of halogens is 3. The van der Waals surface area contributed by atoms with E-state index in [2.05, 4.69) is 33.0 Å². The molecule has 0 unspecified atom stereocenters. The van der Waals surface area contributed by atoms with E-state index in [1.165, 1.54) is 12.1 Å². The number of amides is 1. The summed E-state index contributed by atoms with van der Waals surface area (Å²) in [7, 11) is -4.34. The first kappa shape index (κ1) is 26.2. The van der Waals surface area contributed by atoms with Gasteiger partial charge in [0.2, 0.25) is 15.9 Å². The predicted octanol–water partition coefficient (Wildman–Crippen LogP) is 5.99. The molecule has 1 N–H and O–H groups in total.